The third-order valence-electron chi connectivity index (χ3n) is 3.59. The second kappa shape index (κ2) is 6.21. The van der Waals surface area contributed by atoms with Crippen LogP contribution in [0, 0.1) is 0 Å². The Bertz CT molecular complexity index is 355. The molecule has 0 amide bonds. The lowest BCUT2D eigenvalue weighted by Crippen LogP contribution is -2.30. The van der Waals surface area contributed by atoms with E-state index in [9.17, 15) is 0 Å². The largest absolute Gasteiger partial charge is 0.378 e. The third-order valence-corrected chi connectivity index (χ3v) is 3.59. The third kappa shape index (κ3) is 4.00. The van der Waals surface area contributed by atoms with Gasteiger partial charge in [0.05, 0.1) is 0 Å². The molecule has 0 bridgehead atoms. The smallest absolute Gasteiger partial charge is 0.0361 e. The van der Waals surface area contributed by atoms with Gasteiger partial charge in [-0.3, -0.25) is 0 Å². The summed E-state index contributed by atoms with van der Waals surface area (Å²) in [6.07, 6.45) is 2.78. The molecule has 0 unspecified atom stereocenters. The van der Waals surface area contributed by atoms with Gasteiger partial charge in [-0.15, -0.1) is 0 Å². The Morgan fingerprint density at radius 3 is 2.33 bits per heavy atom. The highest BCUT2D eigenvalue weighted by molar-refractivity contribution is 5.45. The van der Waals surface area contributed by atoms with Crippen LogP contribution in [0.4, 0.5) is 5.69 Å². The first kappa shape index (κ1) is 13.4. The van der Waals surface area contributed by atoms with Crippen LogP contribution in [0.5, 0.6) is 0 Å². The SMILES string of the molecule is CN(C)c1ccc(CNCCN(C)C2CC2)cc1. The molecule has 3 heteroatoms. The minimum atomic E-state index is 0.867. The minimum Gasteiger partial charge on any atom is -0.378 e. The number of nitrogens with one attached hydrogen (secondary N) is 1. The number of anilines is 1. The number of nitrogens with zero attached hydrogens (tertiary/aromatic N) is 2. The standard InChI is InChI=1S/C15H25N3/c1-17(2)14-6-4-13(5-7-14)12-16-10-11-18(3)15-8-9-15/h4-7,15-16H,8-12H2,1-3H3. The second-order valence-electron chi connectivity index (χ2n) is 5.45. The van der Waals surface area contributed by atoms with Gasteiger partial charge >= 0.3 is 0 Å². The molecule has 0 aliphatic heterocycles. The van der Waals surface area contributed by atoms with Crippen molar-refractivity contribution in [3.63, 3.8) is 0 Å². The van der Waals surface area contributed by atoms with E-state index in [4.69, 9.17) is 0 Å². The molecule has 1 aromatic carbocycles. The summed E-state index contributed by atoms with van der Waals surface area (Å²) >= 11 is 0. The summed E-state index contributed by atoms with van der Waals surface area (Å²) in [7, 11) is 6.37. The average molecular weight is 247 g/mol. The topological polar surface area (TPSA) is 18.5 Å². The zero-order valence-corrected chi connectivity index (χ0v) is 11.8. The van der Waals surface area contributed by atoms with E-state index in [1.807, 2.05) is 0 Å². The molecule has 18 heavy (non-hydrogen) atoms. The highest BCUT2D eigenvalue weighted by Crippen LogP contribution is 2.24. The van der Waals surface area contributed by atoms with E-state index in [1.165, 1.54) is 24.1 Å². The first-order chi connectivity index (χ1) is 8.66. The minimum absolute atomic E-state index is 0.867. The molecule has 1 aliphatic carbocycles. The van der Waals surface area contributed by atoms with Gasteiger partial charge in [0.2, 0.25) is 0 Å². The van der Waals surface area contributed by atoms with Crippen LogP contribution in [-0.4, -0.2) is 45.2 Å². The van der Waals surface area contributed by atoms with Crippen molar-refractivity contribution >= 4 is 5.69 Å². The molecule has 100 valence electrons. The van der Waals surface area contributed by atoms with Crippen molar-refractivity contribution in [2.45, 2.75) is 25.4 Å². The van der Waals surface area contributed by atoms with Gasteiger partial charge in [-0.25, -0.2) is 0 Å². The Balaban J connectivity index is 1.66. The monoisotopic (exact) mass is 247 g/mol. The van der Waals surface area contributed by atoms with Crippen molar-refractivity contribution < 1.29 is 0 Å². The molecule has 1 N–H and O–H groups in total. The number of hydrogen-bond acceptors (Lipinski definition) is 3. The van der Waals surface area contributed by atoms with Crippen LogP contribution in [0.25, 0.3) is 0 Å². The van der Waals surface area contributed by atoms with Crippen molar-refractivity contribution in [1.29, 1.82) is 0 Å². The van der Waals surface area contributed by atoms with E-state index in [2.05, 4.69) is 60.5 Å². The van der Waals surface area contributed by atoms with E-state index in [0.29, 0.717) is 0 Å². The quantitative estimate of drug-likeness (QED) is 0.743. The molecule has 0 heterocycles. The Morgan fingerprint density at radius 1 is 1.11 bits per heavy atom. The summed E-state index contributed by atoms with van der Waals surface area (Å²) in [4.78, 5) is 4.59. The summed E-state index contributed by atoms with van der Waals surface area (Å²) in [5, 5.41) is 3.51. The lowest BCUT2D eigenvalue weighted by molar-refractivity contribution is 0.321. The summed E-state index contributed by atoms with van der Waals surface area (Å²) in [6, 6.07) is 9.62. The maximum absolute atomic E-state index is 3.51. The van der Waals surface area contributed by atoms with E-state index in [1.54, 1.807) is 0 Å². The Morgan fingerprint density at radius 2 is 1.78 bits per heavy atom. The van der Waals surface area contributed by atoms with Crippen LogP contribution in [0.1, 0.15) is 18.4 Å². The molecule has 1 aromatic rings. The predicted octanol–water partition coefficient (Wildman–Crippen LogP) is 1.94. The van der Waals surface area contributed by atoms with Crippen molar-refractivity contribution in [3.05, 3.63) is 29.8 Å². The summed E-state index contributed by atoms with van der Waals surface area (Å²) < 4.78 is 0. The van der Waals surface area contributed by atoms with Crippen LogP contribution in [0.3, 0.4) is 0 Å². The molecule has 0 saturated heterocycles. The second-order valence-corrected chi connectivity index (χ2v) is 5.45. The van der Waals surface area contributed by atoms with Crippen LogP contribution >= 0.6 is 0 Å². The maximum atomic E-state index is 3.51. The fourth-order valence-electron chi connectivity index (χ4n) is 2.10. The number of benzene rings is 1. The van der Waals surface area contributed by atoms with Crippen LogP contribution in [-0.2, 0) is 6.54 Å². The first-order valence-corrected chi connectivity index (χ1v) is 6.84. The number of rotatable bonds is 7. The van der Waals surface area contributed by atoms with Gasteiger partial charge in [-0.05, 0) is 37.6 Å². The summed E-state index contributed by atoms with van der Waals surface area (Å²) in [5.74, 6) is 0. The molecule has 0 radical (unpaired) electrons. The van der Waals surface area contributed by atoms with E-state index in [0.717, 1.165) is 25.7 Å². The molecule has 1 fully saturated rings. The molecule has 1 aliphatic rings. The Kier molecular flexibility index (Phi) is 4.61. The lowest BCUT2D eigenvalue weighted by Gasteiger charge is -2.16. The van der Waals surface area contributed by atoms with Crippen molar-refractivity contribution in [2.75, 3.05) is 39.1 Å². The normalized spacial score (nSPS) is 15.1. The van der Waals surface area contributed by atoms with Gasteiger partial charge in [-0.2, -0.15) is 0 Å². The molecule has 0 atom stereocenters. The molecule has 2 rings (SSSR count). The van der Waals surface area contributed by atoms with Gasteiger partial charge < -0.3 is 15.1 Å². The highest BCUT2D eigenvalue weighted by atomic mass is 15.2. The summed E-state index contributed by atoms with van der Waals surface area (Å²) in [6.45, 7) is 3.19. The van der Waals surface area contributed by atoms with E-state index >= 15 is 0 Å². The average Bonchev–Trinajstić information content (AvgIpc) is 3.19. The fraction of sp³-hybridized carbons (Fsp3) is 0.600. The van der Waals surface area contributed by atoms with Crippen LogP contribution < -0.4 is 10.2 Å². The van der Waals surface area contributed by atoms with Crippen LogP contribution in [0.2, 0.25) is 0 Å². The molecule has 3 nitrogen and oxygen atoms in total. The first-order valence-electron chi connectivity index (χ1n) is 6.84. The molecular weight excluding hydrogens is 222 g/mol. The summed E-state index contributed by atoms with van der Waals surface area (Å²) in [5.41, 5.74) is 2.61. The molecule has 1 saturated carbocycles. The van der Waals surface area contributed by atoms with Gasteiger partial charge in [0.1, 0.15) is 0 Å². The number of hydrogen-bond donors (Lipinski definition) is 1. The zero-order chi connectivity index (χ0) is 13.0. The molecule has 0 aromatic heterocycles. The molecule has 0 spiro atoms. The van der Waals surface area contributed by atoms with Gasteiger partial charge in [-0.1, -0.05) is 12.1 Å². The lowest BCUT2D eigenvalue weighted by atomic mass is 10.2. The highest BCUT2D eigenvalue weighted by Gasteiger charge is 2.25. The Labute approximate surface area is 111 Å². The van der Waals surface area contributed by atoms with Crippen molar-refractivity contribution in [1.82, 2.24) is 10.2 Å². The van der Waals surface area contributed by atoms with Crippen molar-refractivity contribution in [2.24, 2.45) is 0 Å². The van der Waals surface area contributed by atoms with E-state index in [-0.39, 0.29) is 0 Å². The van der Waals surface area contributed by atoms with Crippen LogP contribution in [0.15, 0.2) is 24.3 Å². The number of likely N-dealkylation sites (N-methyl/N-ethyl adjacent to an activating group) is 1. The molecular formula is C15H25N3. The fourth-order valence-corrected chi connectivity index (χ4v) is 2.10. The Hall–Kier alpha value is -1.06. The van der Waals surface area contributed by atoms with Crippen molar-refractivity contribution in [3.8, 4) is 0 Å². The van der Waals surface area contributed by atoms with Gasteiger partial charge in [0.15, 0.2) is 0 Å². The maximum Gasteiger partial charge on any atom is 0.0361 e. The van der Waals surface area contributed by atoms with Gasteiger partial charge in [0, 0.05) is 45.5 Å². The van der Waals surface area contributed by atoms with Gasteiger partial charge in [0.25, 0.3) is 0 Å². The van der Waals surface area contributed by atoms with E-state index < -0.39 is 0 Å². The zero-order valence-electron chi connectivity index (χ0n) is 11.8. The predicted molar refractivity (Wildman–Crippen MR) is 78.1 cm³/mol.